The minimum atomic E-state index is -3.57. The lowest BCUT2D eigenvalue weighted by Gasteiger charge is -2.33. The molecule has 1 heterocycles. The predicted octanol–water partition coefficient (Wildman–Crippen LogP) is 3.67. The van der Waals surface area contributed by atoms with Crippen LogP contribution in [0, 0.1) is 0 Å². The zero-order chi connectivity index (χ0) is 18.6. The third-order valence-corrected chi connectivity index (χ3v) is 6.24. The van der Waals surface area contributed by atoms with Gasteiger partial charge in [0, 0.05) is 31.6 Å². The van der Waals surface area contributed by atoms with Gasteiger partial charge in [0.2, 0.25) is 0 Å². The van der Waals surface area contributed by atoms with E-state index in [1.54, 1.807) is 19.2 Å². The average Bonchev–Trinajstić information content (AvgIpc) is 2.68. The van der Waals surface area contributed by atoms with Gasteiger partial charge >= 0.3 is 0 Å². The van der Waals surface area contributed by atoms with Crippen LogP contribution in [0.2, 0.25) is 0 Å². The Morgan fingerprint density at radius 2 is 1.81 bits per heavy atom. The smallest absolute Gasteiger partial charge is 0.261 e. The number of piperidine rings is 1. The molecule has 1 atom stereocenters. The van der Waals surface area contributed by atoms with Gasteiger partial charge in [-0.05, 0) is 61.2 Å². The molecule has 2 aromatic carbocycles. The third-order valence-electron chi connectivity index (χ3n) is 4.84. The lowest BCUT2D eigenvalue weighted by atomic mass is 10.1. The number of methoxy groups -OCH3 is 1. The van der Waals surface area contributed by atoms with Crippen molar-refractivity contribution >= 4 is 21.4 Å². The maximum absolute atomic E-state index is 12.5. The number of sulfonamides is 1. The van der Waals surface area contributed by atoms with Gasteiger partial charge in [0.1, 0.15) is 0 Å². The Hall–Kier alpha value is -2.05. The van der Waals surface area contributed by atoms with Crippen LogP contribution in [0.3, 0.4) is 0 Å². The van der Waals surface area contributed by atoms with Gasteiger partial charge in [-0.3, -0.25) is 4.72 Å². The molecular formula is C20H26N2O3S. The molecule has 0 amide bonds. The fourth-order valence-electron chi connectivity index (χ4n) is 3.22. The van der Waals surface area contributed by atoms with E-state index in [1.807, 2.05) is 43.3 Å². The van der Waals surface area contributed by atoms with Gasteiger partial charge in [-0.1, -0.05) is 19.1 Å². The molecule has 0 aromatic heterocycles. The molecule has 0 aliphatic carbocycles. The largest absolute Gasteiger partial charge is 0.380 e. The summed E-state index contributed by atoms with van der Waals surface area (Å²) in [5.41, 5.74) is 2.76. The number of nitrogens with zero attached hydrogens (tertiary/aromatic N) is 1. The molecule has 3 rings (SSSR count). The number of rotatable bonds is 6. The van der Waals surface area contributed by atoms with E-state index < -0.39 is 10.0 Å². The number of nitrogens with one attached hydrogen (secondary N) is 1. The molecule has 1 unspecified atom stereocenters. The zero-order valence-corrected chi connectivity index (χ0v) is 16.1. The fraction of sp³-hybridized carbons (Fsp3) is 0.400. The highest BCUT2D eigenvalue weighted by Crippen LogP contribution is 2.24. The van der Waals surface area contributed by atoms with Crippen LogP contribution in [-0.4, -0.2) is 34.7 Å². The monoisotopic (exact) mass is 374 g/mol. The van der Waals surface area contributed by atoms with E-state index >= 15 is 0 Å². The number of hydrogen-bond donors (Lipinski definition) is 1. The molecular weight excluding hydrogens is 348 g/mol. The quantitative estimate of drug-likeness (QED) is 0.838. The maximum Gasteiger partial charge on any atom is 0.261 e. The fourth-order valence-corrected chi connectivity index (χ4v) is 4.28. The minimum Gasteiger partial charge on any atom is -0.380 e. The normalized spacial score (nSPS) is 17.9. The van der Waals surface area contributed by atoms with Gasteiger partial charge in [-0.2, -0.15) is 0 Å². The van der Waals surface area contributed by atoms with Crippen molar-refractivity contribution in [3.05, 3.63) is 54.1 Å². The van der Waals surface area contributed by atoms with Crippen LogP contribution in [-0.2, 0) is 21.2 Å². The van der Waals surface area contributed by atoms with Crippen molar-refractivity contribution in [1.29, 1.82) is 0 Å². The number of benzene rings is 2. The number of ether oxygens (including phenoxy) is 1. The molecule has 0 radical (unpaired) electrons. The molecule has 2 aromatic rings. The highest BCUT2D eigenvalue weighted by atomic mass is 32.2. The highest BCUT2D eigenvalue weighted by Gasteiger charge is 2.20. The number of aryl methyl sites for hydroxylation is 1. The van der Waals surface area contributed by atoms with Crippen LogP contribution >= 0.6 is 0 Å². The summed E-state index contributed by atoms with van der Waals surface area (Å²) in [6.45, 7) is 3.90. The van der Waals surface area contributed by atoms with Crippen molar-refractivity contribution in [2.45, 2.75) is 37.2 Å². The summed E-state index contributed by atoms with van der Waals surface area (Å²) in [4.78, 5) is 2.55. The van der Waals surface area contributed by atoms with E-state index in [0.717, 1.165) is 43.6 Å². The van der Waals surface area contributed by atoms with Crippen molar-refractivity contribution in [2.24, 2.45) is 0 Å². The van der Waals surface area contributed by atoms with Crippen LogP contribution in [0.5, 0.6) is 0 Å². The molecule has 6 heteroatoms. The van der Waals surface area contributed by atoms with Crippen molar-refractivity contribution in [2.75, 3.05) is 29.8 Å². The first-order chi connectivity index (χ1) is 12.5. The second-order valence-corrected chi connectivity index (χ2v) is 8.28. The summed E-state index contributed by atoms with van der Waals surface area (Å²) in [6.07, 6.45) is 3.32. The Bertz CT molecular complexity index is 817. The van der Waals surface area contributed by atoms with Gasteiger partial charge < -0.3 is 9.64 Å². The van der Waals surface area contributed by atoms with Gasteiger partial charge in [-0.25, -0.2) is 8.42 Å². The summed E-state index contributed by atoms with van der Waals surface area (Å²) in [7, 11) is -1.82. The van der Waals surface area contributed by atoms with Gasteiger partial charge in [0.25, 0.3) is 10.0 Å². The van der Waals surface area contributed by atoms with Gasteiger partial charge in [0.05, 0.1) is 11.0 Å². The zero-order valence-electron chi connectivity index (χ0n) is 15.3. The van der Waals surface area contributed by atoms with Crippen LogP contribution < -0.4 is 9.62 Å². The number of anilines is 2. The van der Waals surface area contributed by atoms with E-state index in [1.165, 1.54) is 0 Å². The van der Waals surface area contributed by atoms with Gasteiger partial charge in [-0.15, -0.1) is 0 Å². The van der Waals surface area contributed by atoms with Crippen molar-refractivity contribution in [3.8, 4) is 0 Å². The SMILES string of the molecule is CCc1ccc(S(=O)(=O)Nc2ccc(N3CCCC(OC)C3)cc2)cc1. The van der Waals surface area contributed by atoms with Crippen LogP contribution in [0.25, 0.3) is 0 Å². The van der Waals surface area contributed by atoms with E-state index in [9.17, 15) is 8.42 Å². The maximum atomic E-state index is 12.5. The molecule has 1 aliphatic rings. The first-order valence-electron chi connectivity index (χ1n) is 9.01. The first kappa shape index (κ1) is 18.7. The molecule has 0 spiro atoms. The average molecular weight is 375 g/mol. The summed E-state index contributed by atoms with van der Waals surface area (Å²) in [5, 5.41) is 0. The molecule has 1 aliphatic heterocycles. The minimum absolute atomic E-state index is 0.257. The third kappa shape index (κ3) is 4.37. The molecule has 0 saturated carbocycles. The van der Waals surface area contributed by atoms with E-state index in [4.69, 9.17) is 4.74 Å². The van der Waals surface area contributed by atoms with Crippen molar-refractivity contribution < 1.29 is 13.2 Å². The Labute approximate surface area is 156 Å². The highest BCUT2D eigenvalue weighted by molar-refractivity contribution is 7.92. The molecule has 1 saturated heterocycles. The molecule has 0 bridgehead atoms. The standard InChI is InChI=1S/C20H26N2O3S/c1-3-16-6-12-20(13-7-16)26(23,24)21-17-8-10-18(11-9-17)22-14-4-5-19(15-22)25-2/h6-13,19,21H,3-5,14-15H2,1-2H3. The summed E-state index contributed by atoms with van der Waals surface area (Å²) in [5.74, 6) is 0. The molecule has 1 fully saturated rings. The number of hydrogen-bond acceptors (Lipinski definition) is 4. The Morgan fingerprint density at radius 3 is 2.42 bits per heavy atom. The van der Waals surface area contributed by atoms with Gasteiger partial charge in [0.15, 0.2) is 0 Å². The Morgan fingerprint density at radius 1 is 1.12 bits per heavy atom. The van der Waals surface area contributed by atoms with Crippen LogP contribution in [0.4, 0.5) is 11.4 Å². The van der Waals surface area contributed by atoms with Crippen LogP contribution in [0.15, 0.2) is 53.4 Å². The molecule has 5 nitrogen and oxygen atoms in total. The van der Waals surface area contributed by atoms with E-state index in [-0.39, 0.29) is 11.0 Å². The summed E-state index contributed by atoms with van der Waals surface area (Å²) >= 11 is 0. The van der Waals surface area contributed by atoms with Crippen LogP contribution in [0.1, 0.15) is 25.3 Å². The Balaban J connectivity index is 1.70. The molecule has 140 valence electrons. The van der Waals surface area contributed by atoms with E-state index in [2.05, 4.69) is 9.62 Å². The van der Waals surface area contributed by atoms with Crippen molar-refractivity contribution in [1.82, 2.24) is 0 Å². The molecule has 1 N–H and O–H groups in total. The second kappa shape index (κ2) is 8.10. The lowest BCUT2D eigenvalue weighted by Crippen LogP contribution is -2.39. The summed E-state index contributed by atoms with van der Waals surface area (Å²) < 4.78 is 33.2. The van der Waals surface area contributed by atoms with E-state index in [0.29, 0.717) is 5.69 Å². The lowest BCUT2D eigenvalue weighted by molar-refractivity contribution is 0.0893. The topological polar surface area (TPSA) is 58.6 Å². The first-order valence-corrected chi connectivity index (χ1v) is 10.5. The predicted molar refractivity (Wildman–Crippen MR) is 105 cm³/mol. The second-order valence-electron chi connectivity index (χ2n) is 6.60. The Kier molecular flexibility index (Phi) is 5.84. The summed E-state index contributed by atoms with van der Waals surface area (Å²) in [6, 6.07) is 14.5. The molecule has 26 heavy (non-hydrogen) atoms. The van der Waals surface area contributed by atoms with Crippen molar-refractivity contribution in [3.63, 3.8) is 0 Å².